The van der Waals surface area contributed by atoms with Crippen molar-refractivity contribution in [3.63, 3.8) is 0 Å². The van der Waals surface area contributed by atoms with Crippen molar-refractivity contribution in [1.29, 1.82) is 0 Å². The van der Waals surface area contributed by atoms with Gasteiger partial charge in [0.25, 0.3) is 0 Å². The molecule has 3 heteroatoms. The molecule has 192 valence electrons. The molecule has 3 nitrogen and oxygen atoms in total. The molecular weight excluding hydrogens is 414 g/mol. The van der Waals surface area contributed by atoms with E-state index in [-0.39, 0.29) is 5.96 Å². The molecule has 0 bridgehead atoms. The monoisotopic (exact) mass is 467 g/mol. The fourth-order valence-electron chi connectivity index (χ4n) is 3.59. The maximum absolute atomic E-state index is 5.35. The average molecular weight is 468 g/mol. The first-order valence-electron chi connectivity index (χ1n) is 13.1. The Balaban J connectivity index is 4.14. The second-order valence-electron chi connectivity index (χ2n) is 9.99. The fourth-order valence-corrected chi connectivity index (χ4v) is 3.59. The first-order valence-corrected chi connectivity index (χ1v) is 13.1. The lowest BCUT2D eigenvalue weighted by Gasteiger charge is -2.04. The van der Waals surface area contributed by atoms with Crippen LogP contribution in [-0.2, 0) is 0 Å². The van der Waals surface area contributed by atoms with Gasteiger partial charge >= 0.3 is 0 Å². The second kappa shape index (κ2) is 20.1. The zero-order chi connectivity index (χ0) is 25.8. The van der Waals surface area contributed by atoms with Crippen molar-refractivity contribution in [2.45, 2.75) is 113 Å². The second-order valence-corrected chi connectivity index (χ2v) is 9.99. The van der Waals surface area contributed by atoms with E-state index in [9.17, 15) is 0 Å². The molecule has 0 aliphatic rings. The van der Waals surface area contributed by atoms with Gasteiger partial charge in [-0.25, -0.2) is 4.99 Å². The lowest BCUT2D eigenvalue weighted by molar-refractivity contribution is 0.886. The Hall–Kier alpha value is -2.29. The van der Waals surface area contributed by atoms with Gasteiger partial charge in [-0.2, -0.15) is 0 Å². The SMILES string of the molecule is CC(C)=CCC/C(C)=C/CC/C(C)=C/CC/C(C)=C/CC/C(C)=C/CC/C(C)=C/CN=C(N)N. The van der Waals surface area contributed by atoms with Crippen molar-refractivity contribution >= 4 is 5.96 Å². The van der Waals surface area contributed by atoms with E-state index in [4.69, 9.17) is 11.5 Å². The van der Waals surface area contributed by atoms with Gasteiger partial charge in [-0.05, 0) is 113 Å². The first-order chi connectivity index (χ1) is 16.1. The maximum Gasteiger partial charge on any atom is 0.186 e. The summed E-state index contributed by atoms with van der Waals surface area (Å²) in [6.45, 7) is 16.1. The number of hydrogen-bond donors (Lipinski definition) is 2. The molecule has 4 N–H and O–H groups in total. The summed E-state index contributed by atoms with van der Waals surface area (Å²) in [4.78, 5) is 3.99. The number of nitrogens with zero attached hydrogens (tertiary/aromatic N) is 1. The van der Waals surface area contributed by atoms with Crippen LogP contribution in [0.25, 0.3) is 0 Å². The molecule has 0 aromatic rings. The minimum atomic E-state index is 0.151. The minimum Gasteiger partial charge on any atom is -0.370 e. The highest BCUT2D eigenvalue weighted by Gasteiger charge is 1.95. The van der Waals surface area contributed by atoms with Crippen molar-refractivity contribution in [3.8, 4) is 0 Å². The molecule has 0 radical (unpaired) electrons. The van der Waals surface area contributed by atoms with Crippen LogP contribution in [0.5, 0.6) is 0 Å². The maximum atomic E-state index is 5.35. The third kappa shape index (κ3) is 21.6. The predicted octanol–water partition coefficient (Wildman–Crippen LogP) is 8.86. The molecule has 0 heterocycles. The number of nitrogens with two attached hydrogens (primary N) is 2. The molecule has 0 unspecified atom stereocenters. The molecule has 34 heavy (non-hydrogen) atoms. The molecule has 0 atom stereocenters. The summed E-state index contributed by atoms with van der Waals surface area (Å²) in [5.41, 5.74) is 19.5. The summed E-state index contributed by atoms with van der Waals surface area (Å²) in [7, 11) is 0. The van der Waals surface area contributed by atoms with Gasteiger partial charge in [-0.3, -0.25) is 0 Å². The Bertz CT molecular complexity index is 777. The zero-order valence-electron chi connectivity index (χ0n) is 23.3. The number of aliphatic imine (C=N–C) groups is 1. The molecular formula is C31H53N3. The van der Waals surface area contributed by atoms with Gasteiger partial charge in [0.05, 0.1) is 6.54 Å². The molecule has 0 spiro atoms. The Morgan fingerprint density at radius 3 is 1.06 bits per heavy atom. The molecule has 0 aliphatic heterocycles. The molecule has 0 saturated heterocycles. The standard InChI is InChI=1S/C31H53N3/c1-25(2)13-8-14-26(3)15-9-16-27(4)17-10-18-28(5)19-11-20-29(6)21-12-22-30(7)23-24-34-31(32)33/h13,15,17,19,21,23H,8-12,14,16,18,20,22,24H2,1-7H3,(H4,32,33,34)/b26-15+,27-17+,28-19+,29-21+,30-23+. The van der Waals surface area contributed by atoms with Gasteiger partial charge in [0.1, 0.15) is 0 Å². The highest BCUT2D eigenvalue weighted by molar-refractivity contribution is 5.75. The highest BCUT2D eigenvalue weighted by atomic mass is 15.0. The third-order valence-corrected chi connectivity index (χ3v) is 5.93. The quantitative estimate of drug-likeness (QED) is 0.127. The van der Waals surface area contributed by atoms with E-state index in [0.717, 1.165) is 44.9 Å². The van der Waals surface area contributed by atoms with Crippen LogP contribution in [0.4, 0.5) is 0 Å². The Kier molecular flexibility index (Phi) is 18.8. The Morgan fingerprint density at radius 2 is 0.765 bits per heavy atom. The molecule has 0 aromatic carbocycles. The van der Waals surface area contributed by atoms with Crippen molar-refractivity contribution < 1.29 is 0 Å². The summed E-state index contributed by atoms with van der Waals surface area (Å²) >= 11 is 0. The van der Waals surface area contributed by atoms with E-state index < -0.39 is 0 Å². The number of allylic oxidation sites excluding steroid dienone is 11. The van der Waals surface area contributed by atoms with Gasteiger partial charge < -0.3 is 11.5 Å². The van der Waals surface area contributed by atoms with Crippen LogP contribution in [0.1, 0.15) is 113 Å². The van der Waals surface area contributed by atoms with E-state index in [1.165, 1.54) is 52.7 Å². The minimum absolute atomic E-state index is 0.151. The molecule has 0 fully saturated rings. The van der Waals surface area contributed by atoms with Gasteiger partial charge in [-0.1, -0.05) is 69.9 Å². The average Bonchev–Trinajstić information content (AvgIpc) is 2.73. The number of rotatable bonds is 17. The van der Waals surface area contributed by atoms with Crippen molar-refractivity contribution in [2.24, 2.45) is 16.5 Å². The van der Waals surface area contributed by atoms with Crippen LogP contribution >= 0.6 is 0 Å². The first kappa shape index (κ1) is 31.7. The largest absolute Gasteiger partial charge is 0.370 e. The summed E-state index contributed by atoms with van der Waals surface area (Å²) in [5, 5.41) is 0. The van der Waals surface area contributed by atoms with E-state index >= 15 is 0 Å². The topological polar surface area (TPSA) is 64.4 Å². The smallest absolute Gasteiger partial charge is 0.186 e. The molecule has 0 amide bonds. The zero-order valence-corrected chi connectivity index (χ0v) is 23.3. The normalized spacial score (nSPS) is 13.8. The van der Waals surface area contributed by atoms with E-state index in [2.05, 4.69) is 89.9 Å². The van der Waals surface area contributed by atoms with Gasteiger partial charge in [0.2, 0.25) is 0 Å². The van der Waals surface area contributed by atoms with Crippen LogP contribution in [0.3, 0.4) is 0 Å². The van der Waals surface area contributed by atoms with Gasteiger partial charge in [-0.15, -0.1) is 0 Å². The van der Waals surface area contributed by atoms with Crippen molar-refractivity contribution in [2.75, 3.05) is 6.54 Å². The summed E-state index contributed by atoms with van der Waals surface area (Å²) in [5.74, 6) is 0.151. The Labute approximate surface area is 211 Å². The van der Waals surface area contributed by atoms with Gasteiger partial charge in [0, 0.05) is 0 Å². The van der Waals surface area contributed by atoms with Crippen molar-refractivity contribution in [1.82, 2.24) is 0 Å². The van der Waals surface area contributed by atoms with E-state index in [1.54, 1.807) is 0 Å². The third-order valence-electron chi connectivity index (χ3n) is 5.93. The summed E-state index contributed by atoms with van der Waals surface area (Å²) in [6.07, 6.45) is 25.5. The summed E-state index contributed by atoms with van der Waals surface area (Å²) in [6, 6.07) is 0. The van der Waals surface area contributed by atoms with Crippen LogP contribution in [0.15, 0.2) is 74.9 Å². The number of guanidine groups is 1. The molecule has 0 aliphatic carbocycles. The van der Waals surface area contributed by atoms with Gasteiger partial charge in [0.15, 0.2) is 5.96 Å². The summed E-state index contributed by atoms with van der Waals surface area (Å²) < 4.78 is 0. The lowest BCUT2D eigenvalue weighted by Crippen LogP contribution is -2.22. The lowest BCUT2D eigenvalue weighted by atomic mass is 10.0. The van der Waals surface area contributed by atoms with Crippen LogP contribution in [0.2, 0.25) is 0 Å². The van der Waals surface area contributed by atoms with Crippen LogP contribution in [-0.4, -0.2) is 12.5 Å². The van der Waals surface area contributed by atoms with Crippen LogP contribution < -0.4 is 11.5 Å². The Morgan fingerprint density at radius 1 is 0.471 bits per heavy atom. The highest BCUT2D eigenvalue weighted by Crippen LogP contribution is 2.15. The number of hydrogen-bond acceptors (Lipinski definition) is 1. The molecule has 0 rings (SSSR count). The van der Waals surface area contributed by atoms with E-state index in [1.807, 2.05) is 0 Å². The molecule has 0 saturated carbocycles. The van der Waals surface area contributed by atoms with Crippen molar-refractivity contribution in [3.05, 3.63) is 69.9 Å². The van der Waals surface area contributed by atoms with Crippen LogP contribution in [0, 0.1) is 0 Å². The van der Waals surface area contributed by atoms with E-state index in [0.29, 0.717) is 6.54 Å². The fraction of sp³-hybridized carbons (Fsp3) is 0.581. The predicted molar refractivity (Wildman–Crippen MR) is 155 cm³/mol. The molecule has 0 aromatic heterocycles.